The van der Waals surface area contributed by atoms with Crippen LogP contribution in [0.5, 0.6) is 0 Å². The van der Waals surface area contributed by atoms with Crippen molar-refractivity contribution in [2.45, 2.75) is 58.0 Å². The molecule has 0 heterocycles. The van der Waals surface area contributed by atoms with E-state index in [0.29, 0.717) is 34.5 Å². The van der Waals surface area contributed by atoms with Gasteiger partial charge in [-0.3, -0.25) is 9.59 Å². The number of rotatable bonds is 11. The van der Waals surface area contributed by atoms with Gasteiger partial charge >= 0.3 is 0 Å². The lowest BCUT2D eigenvalue weighted by Crippen LogP contribution is -2.51. The first-order valence-electron chi connectivity index (χ1n) is 10.5. The average molecular weight is 481 g/mol. The Morgan fingerprint density at radius 1 is 0.935 bits per heavy atom. The van der Waals surface area contributed by atoms with Crippen LogP contribution in [-0.4, -0.2) is 34.6 Å². The Bertz CT molecular complexity index is 844. The zero-order valence-electron chi connectivity index (χ0n) is 18.2. The predicted molar refractivity (Wildman–Crippen MR) is 132 cm³/mol. The van der Waals surface area contributed by atoms with Gasteiger partial charge in [0, 0.05) is 28.4 Å². The zero-order chi connectivity index (χ0) is 22.8. The molecule has 2 atom stereocenters. The number of nitrogens with zero attached hydrogens (tertiary/aromatic N) is 1. The SMILES string of the molecule is CC[C@H](C)NC(=O)[C@H](CC)N(Cc1ccc(Cl)cc1)C(=O)CSCc1ccc(Cl)cc1. The minimum absolute atomic E-state index is 0.0555. The van der Waals surface area contributed by atoms with Crippen molar-refractivity contribution in [1.29, 1.82) is 0 Å². The van der Waals surface area contributed by atoms with Crippen LogP contribution in [0.4, 0.5) is 0 Å². The van der Waals surface area contributed by atoms with Crippen molar-refractivity contribution in [3.05, 3.63) is 69.7 Å². The first kappa shape index (κ1) is 25.6. The fourth-order valence-electron chi connectivity index (χ4n) is 3.07. The highest BCUT2D eigenvalue weighted by molar-refractivity contribution is 7.99. The number of hydrogen-bond acceptors (Lipinski definition) is 3. The van der Waals surface area contributed by atoms with Crippen LogP contribution in [0, 0.1) is 0 Å². The van der Waals surface area contributed by atoms with E-state index in [9.17, 15) is 9.59 Å². The van der Waals surface area contributed by atoms with Crippen LogP contribution in [0.3, 0.4) is 0 Å². The molecule has 0 radical (unpaired) electrons. The number of amides is 2. The largest absolute Gasteiger partial charge is 0.352 e. The smallest absolute Gasteiger partial charge is 0.243 e. The molecule has 0 spiro atoms. The van der Waals surface area contributed by atoms with Crippen molar-refractivity contribution in [1.82, 2.24) is 10.2 Å². The van der Waals surface area contributed by atoms with Gasteiger partial charge in [0.25, 0.3) is 0 Å². The maximum atomic E-state index is 13.2. The van der Waals surface area contributed by atoms with Crippen LogP contribution in [-0.2, 0) is 21.9 Å². The molecule has 0 aromatic heterocycles. The molecular weight excluding hydrogens is 451 g/mol. The van der Waals surface area contributed by atoms with E-state index >= 15 is 0 Å². The normalized spacial score (nSPS) is 12.8. The second kappa shape index (κ2) is 13.0. The summed E-state index contributed by atoms with van der Waals surface area (Å²) in [4.78, 5) is 27.8. The fraction of sp³-hybridized carbons (Fsp3) is 0.417. The highest BCUT2D eigenvalue weighted by atomic mass is 35.5. The Morgan fingerprint density at radius 3 is 2.00 bits per heavy atom. The maximum absolute atomic E-state index is 13.2. The molecule has 2 rings (SSSR count). The molecule has 2 amide bonds. The first-order valence-corrected chi connectivity index (χ1v) is 12.4. The quantitative estimate of drug-likeness (QED) is 0.432. The number of thioether (sulfide) groups is 1. The van der Waals surface area contributed by atoms with Crippen molar-refractivity contribution in [3.63, 3.8) is 0 Å². The third-order valence-corrected chi connectivity index (χ3v) is 6.55. The van der Waals surface area contributed by atoms with Gasteiger partial charge in [-0.05, 0) is 55.2 Å². The van der Waals surface area contributed by atoms with E-state index in [1.165, 1.54) is 11.8 Å². The number of nitrogens with one attached hydrogen (secondary N) is 1. The van der Waals surface area contributed by atoms with Crippen LogP contribution in [0.25, 0.3) is 0 Å². The number of hydrogen-bond donors (Lipinski definition) is 1. The van der Waals surface area contributed by atoms with Crippen molar-refractivity contribution in [2.24, 2.45) is 0 Å². The van der Waals surface area contributed by atoms with Crippen molar-refractivity contribution < 1.29 is 9.59 Å². The summed E-state index contributed by atoms with van der Waals surface area (Å²) in [6, 6.07) is 14.5. The van der Waals surface area contributed by atoms with Gasteiger partial charge in [-0.15, -0.1) is 11.8 Å². The summed E-state index contributed by atoms with van der Waals surface area (Å²) in [5, 5.41) is 4.36. The summed E-state index contributed by atoms with van der Waals surface area (Å²) in [5.74, 6) is 0.832. The van der Waals surface area contributed by atoms with E-state index in [4.69, 9.17) is 23.2 Å². The Kier molecular flexibility index (Phi) is 10.7. The monoisotopic (exact) mass is 480 g/mol. The summed E-state index contributed by atoms with van der Waals surface area (Å²) in [6.45, 7) is 6.29. The summed E-state index contributed by atoms with van der Waals surface area (Å²) < 4.78 is 0. The van der Waals surface area contributed by atoms with Gasteiger partial charge in [0.1, 0.15) is 6.04 Å². The predicted octanol–water partition coefficient (Wildman–Crippen LogP) is 5.95. The molecule has 7 heteroatoms. The topological polar surface area (TPSA) is 49.4 Å². The third kappa shape index (κ3) is 8.40. The molecule has 4 nitrogen and oxygen atoms in total. The van der Waals surface area contributed by atoms with Crippen LogP contribution in [0.15, 0.2) is 48.5 Å². The molecule has 0 bridgehead atoms. The first-order chi connectivity index (χ1) is 14.8. The van der Waals surface area contributed by atoms with E-state index in [1.54, 1.807) is 17.0 Å². The Hall–Kier alpha value is -1.69. The maximum Gasteiger partial charge on any atom is 0.243 e. The third-order valence-electron chi connectivity index (χ3n) is 5.06. The van der Waals surface area contributed by atoms with Crippen LogP contribution < -0.4 is 5.32 Å². The molecule has 2 aromatic carbocycles. The van der Waals surface area contributed by atoms with Gasteiger partial charge in [-0.25, -0.2) is 0 Å². The van der Waals surface area contributed by atoms with E-state index in [-0.39, 0.29) is 17.9 Å². The molecule has 0 saturated carbocycles. The molecular formula is C24H30Cl2N2O2S. The average Bonchev–Trinajstić information content (AvgIpc) is 2.76. The fourth-order valence-corrected chi connectivity index (χ4v) is 4.19. The van der Waals surface area contributed by atoms with E-state index in [2.05, 4.69) is 5.32 Å². The summed E-state index contributed by atoms with van der Waals surface area (Å²) >= 11 is 13.5. The molecule has 0 saturated heterocycles. The minimum atomic E-state index is -0.520. The van der Waals surface area contributed by atoms with Crippen LogP contribution >= 0.6 is 35.0 Å². The van der Waals surface area contributed by atoms with Crippen molar-refractivity contribution >= 4 is 46.8 Å². The molecule has 0 aliphatic carbocycles. The molecule has 0 aliphatic rings. The van der Waals surface area contributed by atoms with Gasteiger partial charge in [-0.2, -0.15) is 0 Å². The summed E-state index contributed by atoms with van der Waals surface area (Å²) in [7, 11) is 0. The standard InChI is InChI=1S/C24H30Cl2N2O2S/c1-4-17(3)27-24(30)22(5-2)28(14-18-6-10-20(25)11-7-18)23(29)16-31-15-19-8-12-21(26)13-9-19/h6-13,17,22H,4-5,14-16H2,1-3H3,(H,27,30)/t17-,22-/m0/s1. The van der Waals surface area contributed by atoms with Gasteiger partial charge in [0.15, 0.2) is 0 Å². The Labute approximate surface area is 199 Å². The lowest BCUT2D eigenvalue weighted by Gasteiger charge is -2.31. The van der Waals surface area contributed by atoms with Crippen LogP contribution in [0.1, 0.15) is 44.7 Å². The Morgan fingerprint density at radius 2 is 1.48 bits per heavy atom. The Balaban J connectivity index is 2.12. The number of halogens is 2. The van der Waals surface area contributed by atoms with E-state index < -0.39 is 6.04 Å². The number of carbonyl (C=O) groups is 2. The molecule has 31 heavy (non-hydrogen) atoms. The van der Waals surface area contributed by atoms with Crippen molar-refractivity contribution in [3.8, 4) is 0 Å². The van der Waals surface area contributed by atoms with Gasteiger partial charge in [0.2, 0.25) is 11.8 Å². The second-order valence-electron chi connectivity index (χ2n) is 7.51. The highest BCUT2D eigenvalue weighted by Gasteiger charge is 2.29. The summed E-state index contributed by atoms with van der Waals surface area (Å²) in [6.07, 6.45) is 1.38. The van der Waals surface area contributed by atoms with E-state index in [0.717, 1.165) is 17.5 Å². The molecule has 1 N–H and O–H groups in total. The zero-order valence-corrected chi connectivity index (χ0v) is 20.6. The number of benzene rings is 2. The van der Waals surface area contributed by atoms with Gasteiger partial charge in [-0.1, -0.05) is 61.3 Å². The molecule has 0 unspecified atom stereocenters. The molecule has 168 valence electrons. The van der Waals surface area contributed by atoms with Gasteiger partial charge < -0.3 is 10.2 Å². The lowest BCUT2D eigenvalue weighted by molar-refractivity contribution is -0.139. The molecule has 2 aromatic rings. The summed E-state index contributed by atoms with van der Waals surface area (Å²) in [5.41, 5.74) is 2.04. The molecule has 0 fully saturated rings. The molecule has 0 aliphatic heterocycles. The van der Waals surface area contributed by atoms with E-state index in [1.807, 2.05) is 57.2 Å². The minimum Gasteiger partial charge on any atom is -0.352 e. The lowest BCUT2D eigenvalue weighted by atomic mass is 10.1. The van der Waals surface area contributed by atoms with Crippen molar-refractivity contribution in [2.75, 3.05) is 5.75 Å². The second-order valence-corrected chi connectivity index (χ2v) is 9.37. The van der Waals surface area contributed by atoms with Crippen LogP contribution in [0.2, 0.25) is 10.0 Å². The number of carbonyl (C=O) groups excluding carboxylic acids is 2. The van der Waals surface area contributed by atoms with Gasteiger partial charge in [0.05, 0.1) is 5.75 Å². The highest BCUT2D eigenvalue weighted by Crippen LogP contribution is 2.19.